The van der Waals surface area contributed by atoms with E-state index in [4.69, 9.17) is 9.84 Å². The summed E-state index contributed by atoms with van der Waals surface area (Å²) in [6.45, 7) is 4.61. The van der Waals surface area contributed by atoms with Crippen LogP contribution in [-0.4, -0.2) is 41.6 Å². The van der Waals surface area contributed by atoms with Crippen LogP contribution < -0.4 is 4.74 Å². The summed E-state index contributed by atoms with van der Waals surface area (Å²) >= 11 is 0. The molecule has 108 valence electrons. The van der Waals surface area contributed by atoms with Gasteiger partial charge in [-0.1, -0.05) is 26.0 Å². The van der Waals surface area contributed by atoms with E-state index in [1.54, 1.807) is 0 Å². The second-order valence-corrected chi connectivity index (χ2v) is 5.37. The predicted molar refractivity (Wildman–Crippen MR) is 74.1 cm³/mol. The average molecular weight is 277 g/mol. The van der Waals surface area contributed by atoms with Crippen LogP contribution in [0.1, 0.15) is 25.3 Å². The molecule has 20 heavy (non-hydrogen) atoms. The first kappa shape index (κ1) is 14.4. The number of rotatable bonds is 4. The standard InChI is InChI=1S/C15H19NO4/c1-10(2)11-4-3-5-13(6-11)20-14-8-16(15(18)19)7-12(14)9-17/h3-6,9-10,12,14H,7-8H2,1-2H3,(H,18,19)/t12-,14-/m0/s1. The lowest BCUT2D eigenvalue weighted by Crippen LogP contribution is -2.29. The number of hydrogen-bond donors (Lipinski definition) is 1. The van der Waals surface area contributed by atoms with E-state index >= 15 is 0 Å². The molecule has 0 unspecified atom stereocenters. The van der Waals surface area contributed by atoms with Crippen LogP contribution in [-0.2, 0) is 4.79 Å². The minimum Gasteiger partial charge on any atom is -0.488 e. The van der Waals surface area contributed by atoms with Crippen molar-refractivity contribution < 1.29 is 19.4 Å². The van der Waals surface area contributed by atoms with E-state index in [0.717, 1.165) is 11.8 Å². The molecule has 0 aromatic heterocycles. The van der Waals surface area contributed by atoms with Gasteiger partial charge in [-0.15, -0.1) is 0 Å². The van der Waals surface area contributed by atoms with Gasteiger partial charge in [-0.3, -0.25) is 0 Å². The van der Waals surface area contributed by atoms with Gasteiger partial charge in [0.25, 0.3) is 0 Å². The summed E-state index contributed by atoms with van der Waals surface area (Å²) in [6, 6.07) is 7.70. The first-order valence-corrected chi connectivity index (χ1v) is 6.71. The molecule has 1 amide bonds. The SMILES string of the molecule is CC(C)c1cccc(O[C@H]2CN(C(=O)O)C[C@H]2C=O)c1. The van der Waals surface area contributed by atoms with Crippen LogP contribution in [0.5, 0.6) is 5.75 Å². The molecule has 0 radical (unpaired) electrons. The van der Waals surface area contributed by atoms with Crippen LogP contribution in [0.3, 0.4) is 0 Å². The molecule has 5 heteroatoms. The summed E-state index contributed by atoms with van der Waals surface area (Å²) in [4.78, 5) is 23.2. The molecule has 2 atom stereocenters. The summed E-state index contributed by atoms with van der Waals surface area (Å²) in [5, 5.41) is 8.98. The summed E-state index contributed by atoms with van der Waals surface area (Å²) in [7, 11) is 0. The van der Waals surface area contributed by atoms with Crippen LogP contribution >= 0.6 is 0 Å². The van der Waals surface area contributed by atoms with E-state index in [1.165, 1.54) is 4.90 Å². The van der Waals surface area contributed by atoms with Gasteiger partial charge >= 0.3 is 6.09 Å². The third kappa shape index (κ3) is 3.10. The van der Waals surface area contributed by atoms with Crippen molar-refractivity contribution in [1.82, 2.24) is 4.90 Å². The van der Waals surface area contributed by atoms with Crippen LogP contribution in [0, 0.1) is 5.92 Å². The molecule has 1 N–H and O–H groups in total. The topological polar surface area (TPSA) is 66.8 Å². The maximum absolute atomic E-state index is 11.1. The van der Waals surface area contributed by atoms with Crippen molar-refractivity contribution >= 4 is 12.4 Å². The Morgan fingerprint density at radius 3 is 2.80 bits per heavy atom. The Kier molecular flexibility index (Phi) is 4.27. The zero-order valence-corrected chi connectivity index (χ0v) is 11.7. The molecular formula is C15H19NO4. The minimum atomic E-state index is -1.01. The molecule has 1 aromatic rings. The van der Waals surface area contributed by atoms with E-state index in [2.05, 4.69) is 13.8 Å². The van der Waals surface area contributed by atoms with E-state index < -0.39 is 18.1 Å². The van der Waals surface area contributed by atoms with Crippen LogP contribution in [0.4, 0.5) is 4.79 Å². The number of amides is 1. The zero-order valence-electron chi connectivity index (χ0n) is 11.7. The van der Waals surface area contributed by atoms with Gasteiger partial charge < -0.3 is 19.5 Å². The maximum Gasteiger partial charge on any atom is 0.407 e. The van der Waals surface area contributed by atoms with Crippen molar-refractivity contribution in [3.05, 3.63) is 29.8 Å². The van der Waals surface area contributed by atoms with Crippen molar-refractivity contribution in [1.29, 1.82) is 0 Å². The lowest BCUT2D eigenvalue weighted by atomic mass is 10.0. The van der Waals surface area contributed by atoms with Gasteiger partial charge in [0, 0.05) is 6.54 Å². The maximum atomic E-state index is 11.1. The molecule has 0 aliphatic carbocycles. The Hall–Kier alpha value is -2.04. The fraction of sp³-hybridized carbons (Fsp3) is 0.467. The largest absolute Gasteiger partial charge is 0.488 e. The third-order valence-corrected chi connectivity index (χ3v) is 3.57. The van der Waals surface area contributed by atoms with Gasteiger partial charge in [0.2, 0.25) is 0 Å². The van der Waals surface area contributed by atoms with Crippen LogP contribution in [0.15, 0.2) is 24.3 Å². The third-order valence-electron chi connectivity index (χ3n) is 3.57. The molecule has 1 aliphatic rings. The molecule has 1 aliphatic heterocycles. The van der Waals surface area contributed by atoms with Crippen molar-refractivity contribution in [3.8, 4) is 5.75 Å². The number of carbonyl (C=O) groups excluding carboxylic acids is 1. The Morgan fingerprint density at radius 1 is 1.45 bits per heavy atom. The second kappa shape index (κ2) is 5.94. The monoisotopic (exact) mass is 277 g/mol. The van der Waals surface area contributed by atoms with Crippen molar-refractivity contribution in [2.45, 2.75) is 25.9 Å². The quantitative estimate of drug-likeness (QED) is 0.858. The Morgan fingerprint density at radius 2 is 2.20 bits per heavy atom. The number of aldehydes is 1. The molecule has 0 spiro atoms. The van der Waals surface area contributed by atoms with Gasteiger partial charge in [-0.2, -0.15) is 0 Å². The van der Waals surface area contributed by atoms with Crippen LogP contribution in [0.2, 0.25) is 0 Å². The second-order valence-electron chi connectivity index (χ2n) is 5.37. The Labute approximate surface area is 118 Å². The van der Waals surface area contributed by atoms with E-state index in [-0.39, 0.29) is 13.1 Å². The fourth-order valence-electron chi connectivity index (χ4n) is 2.33. The number of benzene rings is 1. The van der Waals surface area contributed by atoms with Crippen molar-refractivity contribution in [2.24, 2.45) is 5.92 Å². The minimum absolute atomic E-state index is 0.202. The van der Waals surface area contributed by atoms with Gasteiger partial charge in [0.1, 0.15) is 18.1 Å². The molecule has 2 rings (SSSR count). The number of carbonyl (C=O) groups is 2. The molecule has 0 bridgehead atoms. The summed E-state index contributed by atoms with van der Waals surface area (Å²) in [5.41, 5.74) is 1.15. The molecule has 1 heterocycles. The van der Waals surface area contributed by atoms with Gasteiger partial charge in [-0.05, 0) is 23.6 Å². The zero-order chi connectivity index (χ0) is 14.7. The molecule has 0 saturated carbocycles. The van der Waals surface area contributed by atoms with E-state index in [1.807, 2.05) is 24.3 Å². The fourth-order valence-corrected chi connectivity index (χ4v) is 2.33. The molecule has 1 aromatic carbocycles. The summed E-state index contributed by atoms with van der Waals surface area (Å²) in [5.74, 6) is 0.661. The number of likely N-dealkylation sites (tertiary alicyclic amines) is 1. The number of nitrogens with zero attached hydrogens (tertiary/aromatic N) is 1. The highest BCUT2D eigenvalue weighted by Crippen LogP contribution is 2.25. The Bertz CT molecular complexity index is 500. The lowest BCUT2D eigenvalue weighted by molar-refractivity contribution is -0.112. The molecule has 1 fully saturated rings. The van der Waals surface area contributed by atoms with Crippen molar-refractivity contribution in [2.75, 3.05) is 13.1 Å². The Balaban J connectivity index is 2.10. The van der Waals surface area contributed by atoms with Gasteiger partial charge in [0.05, 0.1) is 12.5 Å². The smallest absolute Gasteiger partial charge is 0.407 e. The summed E-state index contributed by atoms with van der Waals surface area (Å²) in [6.07, 6.45) is -0.648. The van der Waals surface area contributed by atoms with E-state index in [0.29, 0.717) is 11.7 Å². The highest BCUT2D eigenvalue weighted by Gasteiger charge is 2.36. The molecule has 1 saturated heterocycles. The number of hydrogen-bond acceptors (Lipinski definition) is 3. The van der Waals surface area contributed by atoms with Crippen LogP contribution in [0.25, 0.3) is 0 Å². The normalized spacial score (nSPS) is 22.1. The lowest BCUT2D eigenvalue weighted by Gasteiger charge is -2.17. The highest BCUT2D eigenvalue weighted by molar-refractivity contribution is 5.67. The van der Waals surface area contributed by atoms with Crippen molar-refractivity contribution in [3.63, 3.8) is 0 Å². The summed E-state index contributed by atoms with van der Waals surface area (Å²) < 4.78 is 5.81. The first-order valence-electron chi connectivity index (χ1n) is 6.71. The highest BCUT2D eigenvalue weighted by atomic mass is 16.5. The van der Waals surface area contributed by atoms with Gasteiger partial charge in [-0.25, -0.2) is 4.79 Å². The molecule has 5 nitrogen and oxygen atoms in total. The number of ether oxygens (including phenoxy) is 1. The average Bonchev–Trinajstić information content (AvgIpc) is 2.82. The van der Waals surface area contributed by atoms with Gasteiger partial charge in [0.15, 0.2) is 0 Å². The molecular weight excluding hydrogens is 258 g/mol. The van der Waals surface area contributed by atoms with E-state index in [9.17, 15) is 9.59 Å². The predicted octanol–water partition coefficient (Wildman–Crippen LogP) is 2.37. The number of carboxylic acid groups (broad SMARTS) is 1. The first-order chi connectivity index (χ1) is 9.51.